The molecule has 6 nitrogen and oxygen atoms in total. The maximum absolute atomic E-state index is 13.0. The van der Waals surface area contributed by atoms with Crippen molar-refractivity contribution in [2.75, 3.05) is 11.4 Å². The van der Waals surface area contributed by atoms with Gasteiger partial charge in [0.05, 0.1) is 5.25 Å². The first kappa shape index (κ1) is 20.4. The Labute approximate surface area is 178 Å². The Bertz CT molecular complexity index is 1020. The summed E-state index contributed by atoms with van der Waals surface area (Å²) in [5.74, 6) is 0.484. The first-order valence-corrected chi connectivity index (χ1v) is 10.7. The lowest BCUT2D eigenvalue weighted by Crippen LogP contribution is -2.40. The number of hydrogen-bond donors (Lipinski definition) is 0. The second-order valence-corrected chi connectivity index (χ2v) is 8.39. The Kier molecular flexibility index (Phi) is 6.03. The molecule has 0 unspecified atom stereocenters. The van der Waals surface area contributed by atoms with E-state index in [1.807, 2.05) is 30.0 Å². The molecule has 2 heterocycles. The van der Waals surface area contributed by atoms with Gasteiger partial charge in [-0.1, -0.05) is 30.0 Å². The molecule has 1 aliphatic rings. The van der Waals surface area contributed by atoms with Crippen LogP contribution in [0.4, 0.5) is 10.1 Å². The van der Waals surface area contributed by atoms with Gasteiger partial charge in [0.25, 0.3) is 11.1 Å². The van der Waals surface area contributed by atoms with E-state index in [0.29, 0.717) is 23.4 Å². The van der Waals surface area contributed by atoms with Crippen LogP contribution in [-0.4, -0.2) is 27.9 Å². The Hall–Kier alpha value is -2.87. The molecular weight excluding hydrogens is 405 g/mol. The third-order valence-corrected chi connectivity index (χ3v) is 5.82. The number of rotatable bonds is 6. The zero-order valence-corrected chi connectivity index (χ0v) is 17.6. The maximum Gasteiger partial charge on any atom is 0.277 e. The maximum atomic E-state index is 13.0. The molecule has 0 spiro atoms. The molecule has 1 amide bonds. The van der Waals surface area contributed by atoms with Crippen LogP contribution >= 0.6 is 11.8 Å². The van der Waals surface area contributed by atoms with Crippen LogP contribution in [0.2, 0.25) is 0 Å². The van der Waals surface area contributed by atoms with Crippen LogP contribution in [0.1, 0.15) is 37.8 Å². The summed E-state index contributed by atoms with van der Waals surface area (Å²) in [6, 6.07) is 13.7. The van der Waals surface area contributed by atoms with Crippen LogP contribution in [0.3, 0.4) is 0 Å². The number of amides is 1. The van der Waals surface area contributed by atoms with Gasteiger partial charge in [-0.05, 0) is 62.6 Å². The molecule has 2 atom stereocenters. The number of thioether (sulfide) groups is 1. The molecule has 0 saturated carbocycles. The van der Waals surface area contributed by atoms with Crippen LogP contribution in [0.25, 0.3) is 0 Å². The van der Waals surface area contributed by atoms with Gasteiger partial charge in [0, 0.05) is 12.2 Å². The third kappa shape index (κ3) is 4.48. The number of aryl methyl sites for hydroxylation is 1. The van der Waals surface area contributed by atoms with Gasteiger partial charge in [0.2, 0.25) is 5.91 Å². The molecule has 1 aliphatic heterocycles. The zero-order chi connectivity index (χ0) is 21.1. The van der Waals surface area contributed by atoms with E-state index in [0.717, 1.165) is 18.5 Å². The molecule has 0 saturated heterocycles. The van der Waals surface area contributed by atoms with Gasteiger partial charge in [-0.3, -0.25) is 4.79 Å². The quantitative estimate of drug-likeness (QED) is 0.526. The minimum Gasteiger partial charge on any atom is -0.481 e. The van der Waals surface area contributed by atoms with E-state index < -0.39 is 6.10 Å². The van der Waals surface area contributed by atoms with Crippen molar-refractivity contribution >= 4 is 23.4 Å². The molecule has 2 aromatic carbocycles. The lowest BCUT2D eigenvalue weighted by Gasteiger charge is -2.31. The normalized spacial score (nSPS) is 15.4. The second kappa shape index (κ2) is 8.87. The number of aromatic nitrogens is 2. The molecule has 8 heteroatoms. The van der Waals surface area contributed by atoms with Crippen molar-refractivity contribution in [3.8, 4) is 5.75 Å². The molecule has 0 bridgehead atoms. The summed E-state index contributed by atoms with van der Waals surface area (Å²) in [6.07, 6.45) is 1.43. The number of carbonyl (C=O) groups excluding carboxylic acids is 1. The number of fused-ring (bicyclic) bond motifs is 1. The van der Waals surface area contributed by atoms with Crippen molar-refractivity contribution in [3.05, 3.63) is 65.8 Å². The average molecular weight is 428 g/mol. The number of para-hydroxylation sites is 1. The van der Waals surface area contributed by atoms with Crippen molar-refractivity contribution < 1.29 is 18.3 Å². The highest BCUT2D eigenvalue weighted by molar-refractivity contribution is 8.00. The Morgan fingerprint density at radius 3 is 2.73 bits per heavy atom. The van der Waals surface area contributed by atoms with Crippen molar-refractivity contribution in [2.24, 2.45) is 0 Å². The lowest BCUT2D eigenvalue weighted by atomic mass is 10.0. The fraction of sp³-hybridized carbons (Fsp3) is 0.318. The lowest BCUT2D eigenvalue weighted by molar-refractivity contribution is -0.117. The molecule has 3 aromatic rings. The summed E-state index contributed by atoms with van der Waals surface area (Å²) >= 11 is 1.23. The highest BCUT2D eigenvalue weighted by Gasteiger charge is 2.28. The molecular formula is C22H22FN3O3S. The van der Waals surface area contributed by atoms with Crippen molar-refractivity contribution in [1.82, 2.24) is 10.2 Å². The van der Waals surface area contributed by atoms with Crippen molar-refractivity contribution in [1.29, 1.82) is 0 Å². The van der Waals surface area contributed by atoms with E-state index in [2.05, 4.69) is 16.3 Å². The zero-order valence-electron chi connectivity index (χ0n) is 16.7. The minimum absolute atomic E-state index is 0.0162. The molecule has 0 aliphatic carbocycles. The van der Waals surface area contributed by atoms with Crippen LogP contribution in [0, 0.1) is 5.82 Å². The third-order valence-electron chi connectivity index (χ3n) is 4.90. The number of carbonyl (C=O) groups is 1. The van der Waals surface area contributed by atoms with Crippen LogP contribution in [0.5, 0.6) is 5.75 Å². The largest absolute Gasteiger partial charge is 0.481 e. The number of hydrogen-bond acceptors (Lipinski definition) is 6. The standard InChI is InChI=1S/C22H22FN3O3S/c1-14(28-18-11-9-17(23)10-12-18)20-24-25-22(29-20)30-15(2)21(27)26-13-5-7-16-6-3-4-8-19(16)26/h3-4,6,8-12,14-15H,5,7,13H2,1-2H3/t14-,15-/m0/s1. The summed E-state index contributed by atoms with van der Waals surface area (Å²) in [6.45, 7) is 4.31. The average Bonchev–Trinajstić information content (AvgIpc) is 3.23. The van der Waals surface area contributed by atoms with Gasteiger partial charge in [-0.2, -0.15) is 0 Å². The highest BCUT2D eigenvalue weighted by Crippen LogP contribution is 2.31. The number of anilines is 1. The SMILES string of the molecule is C[C@H](Sc1nnc([C@H](C)Oc2ccc(F)cc2)o1)C(=O)N1CCCc2ccccc21. The minimum atomic E-state index is -0.503. The van der Waals surface area contributed by atoms with Gasteiger partial charge >= 0.3 is 0 Å². The van der Waals surface area contributed by atoms with Gasteiger partial charge in [-0.25, -0.2) is 4.39 Å². The van der Waals surface area contributed by atoms with Crippen molar-refractivity contribution in [3.63, 3.8) is 0 Å². The number of halogens is 1. The Morgan fingerprint density at radius 1 is 1.17 bits per heavy atom. The van der Waals surface area contributed by atoms with Gasteiger partial charge in [0.1, 0.15) is 11.6 Å². The molecule has 156 valence electrons. The van der Waals surface area contributed by atoms with E-state index in [-0.39, 0.29) is 17.0 Å². The Morgan fingerprint density at radius 2 is 1.93 bits per heavy atom. The molecule has 4 rings (SSSR count). The summed E-state index contributed by atoms with van der Waals surface area (Å²) in [5, 5.41) is 8.00. The number of nitrogens with zero attached hydrogens (tertiary/aromatic N) is 3. The molecule has 1 aromatic heterocycles. The van der Waals surface area contributed by atoms with E-state index in [4.69, 9.17) is 9.15 Å². The highest BCUT2D eigenvalue weighted by atomic mass is 32.2. The molecule has 0 N–H and O–H groups in total. The van der Waals surface area contributed by atoms with Gasteiger partial charge < -0.3 is 14.1 Å². The van der Waals surface area contributed by atoms with E-state index in [1.165, 1.54) is 41.6 Å². The van der Waals surface area contributed by atoms with E-state index in [9.17, 15) is 9.18 Å². The predicted octanol–water partition coefficient (Wildman–Crippen LogP) is 4.81. The van der Waals surface area contributed by atoms with E-state index >= 15 is 0 Å². The summed E-state index contributed by atoms with van der Waals surface area (Å²) in [4.78, 5) is 14.9. The van der Waals surface area contributed by atoms with Gasteiger partial charge in [0.15, 0.2) is 6.10 Å². The number of ether oxygens (including phenoxy) is 1. The second-order valence-electron chi connectivity index (χ2n) is 7.10. The molecule has 0 radical (unpaired) electrons. The smallest absolute Gasteiger partial charge is 0.277 e. The number of benzene rings is 2. The summed E-state index contributed by atoms with van der Waals surface area (Å²) in [5.41, 5.74) is 2.18. The van der Waals surface area contributed by atoms with Crippen molar-refractivity contribution in [2.45, 2.75) is 43.3 Å². The molecule has 0 fully saturated rings. The van der Waals surface area contributed by atoms with Crippen LogP contribution < -0.4 is 9.64 Å². The van der Waals surface area contributed by atoms with E-state index in [1.54, 1.807) is 6.92 Å². The van der Waals surface area contributed by atoms with Crippen LogP contribution in [0.15, 0.2) is 58.2 Å². The monoisotopic (exact) mass is 427 g/mol. The fourth-order valence-corrected chi connectivity index (χ4v) is 4.14. The summed E-state index contributed by atoms with van der Waals surface area (Å²) in [7, 11) is 0. The predicted molar refractivity (Wildman–Crippen MR) is 112 cm³/mol. The van der Waals surface area contributed by atoms with Gasteiger partial charge in [-0.15, -0.1) is 10.2 Å². The first-order chi connectivity index (χ1) is 14.5. The fourth-order valence-electron chi connectivity index (χ4n) is 3.38. The molecule has 30 heavy (non-hydrogen) atoms. The summed E-state index contributed by atoms with van der Waals surface area (Å²) < 4.78 is 24.4. The topological polar surface area (TPSA) is 68.5 Å². The first-order valence-electron chi connectivity index (χ1n) is 9.83. The Balaban J connectivity index is 1.40. The van der Waals surface area contributed by atoms with Crippen LogP contribution in [-0.2, 0) is 11.2 Å².